The average Bonchev–Trinajstić information content (AvgIpc) is 2.72. The zero-order valence-electron chi connectivity index (χ0n) is 9.86. The first-order valence-electron chi connectivity index (χ1n) is 5.62. The van der Waals surface area contributed by atoms with Gasteiger partial charge in [-0.3, -0.25) is 0 Å². The minimum Gasteiger partial charge on any atom is -0.497 e. The van der Waals surface area contributed by atoms with Crippen molar-refractivity contribution in [2.24, 2.45) is 0 Å². The van der Waals surface area contributed by atoms with Crippen LogP contribution in [0.15, 0.2) is 30.5 Å². The van der Waals surface area contributed by atoms with E-state index in [-0.39, 0.29) is 0 Å². The van der Waals surface area contributed by atoms with Gasteiger partial charge in [0.15, 0.2) is 0 Å². The Morgan fingerprint density at radius 3 is 2.94 bits per heavy atom. The molecule has 0 aliphatic heterocycles. The summed E-state index contributed by atoms with van der Waals surface area (Å²) >= 11 is 0. The van der Waals surface area contributed by atoms with Crippen LogP contribution < -0.4 is 10.1 Å². The fraction of sp³-hybridized carbons (Fsp3) is 0.385. The standard InChI is InChI=1S/C13H18N2O/c1-14-7-3-8-15-9-6-11-10-12(16-2)4-5-13(11)15/h4-6,9-10,14H,3,7-8H2,1-2H3. The highest BCUT2D eigenvalue weighted by molar-refractivity contribution is 5.81. The predicted molar refractivity (Wildman–Crippen MR) is 67.0 cm³/mol. The summed E-state index contributed by atoms with van der Waals surface area (Å²) in [6.07, 6.45) is 3.28. The molecule has 1 aromatic heterocycles. The molecule has 0 amide bonds. The topological polar surface area (TPSA) is 26.2 Å². The van der Waals surface area contributed by atoms with Crippen molar-refractivity contribution in [3.63, 3.8) is 0 Å². The van der Waals surface area contributed by atoms with E-state index in [4.69, 9.17) is 4.74 Å². The van der Waals surface area contributed by atoms with Crippen LogP contribution in [-0.2, 0) is 6.54 Å². The zero-order chi connectivity index (χ0) is 11.4. The van der Waals surface area contributed by atoms with Gasteiger partial charge in [0.25, 0.3) is 0 Å². The summed E-state index contributed by atoms with van der Waals surface area (Å²) in [5.74, 6) is 0.917. The van der Waals surface area contributed by atoms with Crippen molar-refractivity contribution in [1.29, 1.82) is 0 Å². The van der Waals surface area contributed by atoms with E-state index in [2.05, 4.69) is 34.3 Å². The third kappa shape index (κ3) is 2.19. The highest BCUT2D eigenvalue weighted by Crippen LogP contribution is 2.21. The van der Waals surface area contributed by atoms with E-state index in [1.807, 2.05) is 13.1 Å². The van der Waals surface area contributed by atoms with Gasteiger partial charge < -0.3 is 14.6 Å². The number of ether oxygens (including phenoxy) is 1. The van der Waals surface area contributed by atoms with Crippen molar-refractivity contribution < 1.29 is 4.74 Å². The fourth-order valence-corrected chi connectivity index (χ4v) is 1.93. The molecule has 0 fully saturated rings. The van der Waals surface area contributed by atoms with Gasteiger partial charge >= 0.3 is 0 Å². The molecule has 0 radical (unpaired) electrons. The Labute approximate surface area is 96.0 Å². The van der Waals surface area contributed by atoms with Gasteiger partial charge in [0.1, 0.15) is 5.75 Å². The lowest BCUT2D eigenvalue weighted by Gasteiger charge is -2.05. The molecule has 0 saturated carbocycles. The molecular formula is C13H18N2O. The van der Waals surface area contributed by atoms with Gasteiger partial charge in [-0.2, -0.15) is 0 Å². The molecule has 1 aromatic carbocycles. The maximum Gasteiger partial charge on any atom is 0.119 e. The highest BCUT2D eigenvalue weighted by atomic mass is 16.5. The van der Waals surface area contributed by atoms with Gasteiger partial charge in [0.05, 0.1) is 7.11 Å². The number of rotatable bonds is 5. The second-order valence-electron chi connectivity index (χ2n) is 3.89. The Morgan fingerprint density at radius 1 is 1.31 bits per heavy atom. The first-order valence-corrected chi connectivity index (χ1v) is 5.62. The van der Waals surface area contributed by atoms with Gasteiger partial charge in [-0.15, -0.1) is 0 Å². The van der Waals surface area contributed by atoms with Crippen LogP contribution in [0.4, 0.5) is 0 Å². The Morgan fingerprint density at radius 2 is 2.19 bits per heavy atom. The van der Waals surface area contributed by atoms with Crippen molar-refractivity contribution >= 4 is 10.9 Å². The molecule has 86 valence electrons. The SMILES string of the molecule is CNCCCn1ccc2cc(OC)ccc21. The van der Waals surface area contributed by atoms with Crippen molar-refractivity contribution in [2.45, 2.75) is 13.0 Å². The second-order valence-corrected chi connectivity index (χ2v) is 3.89. The number of hydrogen-bond acceptors (Lipinski definition) is 2. The molecule has 0 aliphatic rings. The molecule has 0 spiro atoms. The first-order chi connectivity index (χ1) is 7.85. The minimum atomic E-state index is 0.917. The van der Waals surface area contributed by atoms with Crippen LogP contribution in [0.1, 0.15) is 6.42 Å². The van der Waals surface area contributed by atoms with E-state index in [9.17, 15) is 0 Å². The fourth-order valence-electron chi connectivity index (χ4n) is 1.93. The zero-order valence-corrected chi connectivity index (χ0v) is 9.86. The summed E-state index contributed by atoms with van der Waals surface area (Å²) < 4.78 is 7.49. The van der Waals surface area contributed by atoms with Crippen LogP contribution in [0.25, 0.3) is 10.9 Å². The highest BCUT2D eigenvalue weighted by Gasteiger charge is 2.01. The Bertz CT molecular complexity index is 462. The summed E-state index contributed by atoms with van der Waals surface area (Å²) in [5, 5.41) is 4.40. The summed E-state index contributed by atoms with van der Waals surface area (Å²) in [6.45, 7) is 2.10. The lowest BCUT2D eigenvalue weighted by molar-refractivity contribution is 0.415. The monoisotopic (exact) mass is 218 g/mol. The lowest BCUT2D eigenvalue weighted by atomic mass is 10.2. The molecule has 1 N–H and O–H groups in total. The molecule has 0 aliphatic carbocycles. The molecule has 1 heterocycles. The molecule has 0 saturated heterocycles. The minimum absolute atomic E-state index is 0.917. The van der Waals surface area contributed by atoms with E-state index < -0.39 is 0 Å². The Kier molecular flexibility index (Phi) is 3.47. The number of nitrogens with one attached hydrogen (secondary N) is 1. The van der Waals surface area contributed by atoms with Crippen LogP contribution in [-0.4, -0.2) is 25.3 Å². The molecule has 0 unspecified atom stereocenters. The van der Waals surface area contributed by atoms with Crippen molar-refractivity contribution in [3.8, 4) is 5.75 Å². The predicted octanol–water partition coefficient (Wildman–Crippen LogP) is 2.26. The largest absolute Gasteiger partial charge is 0.497 e. The number of nitrogens with zero attached hydrogens (tertiary/aromatic N) is 1. The lowest BCUT2D eigenvalue weighted by Crippen LogP contribution is -2.10. The average molecular weight is 218 g/mol. The van der Waals surface area contributed by atoms with Gasteiger partial charge in [-0.1, -0.05) is 0 Å². The molecule has 16 heavy (non-hydrogen) atoms. The maximum atomic E-state index is 5.21. The van der Waals surface area contributed by atoms with Gasteiger partial charge in [-0.25, -0.2) is 0 Å². The van der Waals surface area contributed by atoms with Gasteiger partial charge in [-0.05, 0) is 44.3 Å². The molecule has 3 nitrogen and oxygen atoms in total. The summed E-state index contributed by atoms with van der Waals surface area (Å²) in [5.41, 5.74) is 1.27. The van der Waals surface area contributed by atoms with Crippen LogP contribution >= 0.6 is 0 Å². The number of methoxy groups -OCH3 is 1. The first kappa shape index (κ1) is 11.0. The molecule has 0 bridgehead atoms. The quantitative estimate of drug-likeness (QED) is 0.779. The van der Waals surface area contributed by atoms with Crippen LogP contribution in [0, 0.1) is 0 Å². The van der Waals surface area contributed by atoms with E-state index in [1.54, 1.807) is 7.11 Å². The molecule has 2 rings (SSSR count). The van der Waals surface area contributed by atoms with E-state index in [0.29, 0.717) is 0 Å². The van der Waals surface area contributed by atoms with E-state index >= 15 is 0 Å². The number of benzene rings is 1. The number of aryl methyl sites for hydroxylation is 1. The van der Waals surface area contributed by atoms with E-state index in [0.717, 1.165) is 25.3 Å². The molecular weight excluding hydrogens is 200 g/mol. The van der Waals surface area contributed by atoms with E-state index in [1.165, 1.54) is 10.9 Å². The molecule has 2 aromatic rings. The number of aromatic nitrogens is 1. The second kappa shape index (κ2) is 5.03. The molecule has 3 heteroatoms. The number of fused-ring (bicyclic) bond motifs is 1. The Balaban J connectivity index is 2.20. The summed E-state index contributed by atoms with van der Waals surface area (Å²) in [4.78, 5) is 0. The smallest absolute Gasteiger partial charge is 0.119 e. The van der Waals surface area contributed by atoms with Crippen LogP contribution in [0.3, 0.4) is 0 Å². The third-order valence-corrected chi connectivity index (χ3v) is 2.80. The van der Waals surface area contributed by atoms with Crippen molar-refractivity contribution in [2.75, 3.05) is 20.7 Å². The maximum absolute atomic E-state index is 5.21. The number of hydrogen-bond donors (Lipinski definition) is 1. The van der Waals surface area contributed by atoms with Gasteiger partial charge in [0.2, 0.25) is 0 Å². The summed E-state index contributed by atoms with van der Waals surface area (Å²) in [6, 6.07) is 8.34. The summed E-state index contributed by atoms with van der Waals surface area (Å²) in [7, 11) is 3.68. The van der Waals surface area contributed by atoms with Crippen LogP contribution in [0.2, 0.25) is 0 Å². The molecule has 0 atom stereocenters. The normalized spacial score (nSPS) is 10.9. The van der Waals surface area contributed by atoms with Crippen LogP contribution in [0.5, 0.6) is 5.75 Å². The third-order valence-electron chi connectivity index (χ3n) is 2.80. The van der Waals surface area contributed by atoms with Crippen molar-refractivity contribution in [1.82, 2.24) is 9.88 Å². The Hall–Kier alpha value is -1.48. The van der Waals surface area contributed by atoms with Crippen molar-refractivity contribution in [3.05, 3.63) is 30.5 Å². The van der Waals surface area contributed by atoms with Gasteiger partial charge in [0, 0.05) is 23.6 Å².